The molecule has 0 saturated carbocycles. The van der Waals surface area contributed by atoms with E-state index in [0.717, 1.165) is 21.8 Å². The highest BCUT2D eigenvalue weighted by Gasteiger charge is 2.21. The number of nitrogens with one attached hydrogen (secondary N) is 1. The fourth-order valence-corrected chi connectivity index (χ4v) is 2.67. The number of hydrogen-bond acceptors (Lipinski definition) is 4. The zero-order valence-corrected chi connectivity index (χ0v) is 13.4. The van der Waals surface area contributed by atoms with E-state index >= 15 is 0 Å². The fourth-order valence-electron chi connectivity index (χ4n) is 1.67. The second-order valence-corrected chi connectivity index (χ2v) is 6.50. The highest BCUT2D eigenvalue weighted by Crippen LogP contribution is 2.21. The number of thiazole rings is 1. The molecule has 1 N–H and O–H groups in total. The first-order chi connectivity index (χ1) is 9.08. The summed E-state index contributed by atoms with van der Waals surface area (Å²) in [5.74, 6) is 0.886. The van der Waals surface area contributed by atoms with Crippen molar-refractivity contribution in [3.63, 3.8) is 0 Å². The molecule has 19 heavy (non-hydrogen) atoms. The molecule has 0 aliphatic carbocycles. The molecule has 2 aromatic rings. The Labute approximate surface area is 126 Å². The number of benzene rings is 1. The van der Waals surface area contributed by atoms with Crippen molar-refractivity contribution in [1.82, 2.24) is 10.3 Å². The van der Waals surface area contributed by atoms with Gasteiger partial charge in [-0.25, -0.2) is 4.98 Å². The Morgan fingerprint density at radius 3 is 2.68 bits per heavy atom. The molecule has 1 aromatic heterocycles. The van der Waals surface area contributed by atoms with E-state index in [1.807, 2.05) is 35.8 Å². The van der Waals surface area contributed by atoms with Gasteiger partial charge in [0.25, 0.3) is 0 Å². The molecular formula is C14H17BrN2OS. The Kier molecular flexibility index (Phi) is 4.96. The molecule has 0 atom stereocenters. The van der Waals surface area contributed by atoms with Crippen LogP contribution < -0.4 is 10.1 Å². The summed E-state index contributed by atoms with van der Waals surface area (Å²) in [5.41, 5.74) is -0.114. The van der Waals surface area contributed by atoms with Gasteiger partial charge in [0.05, 0.1) is 5.54 Å². The average Bonchev–Trinajstić information content (AvgIpc) is 2.91. The van der Waals surface area contributed by atoms with Crippen LogP contribution in [0.2, 0.25) is 0 Å². The third-order valence-corrected chi connectivity index (χ3v) is 4.34. The molecule has 5 heteroatoms. The molecule has 0 bridgehead atoms. The molecule has 0 radical (unpaired) electrons. The second kappa shape index (κ2) is 6.50. The number of hydrogen-bond donors (Lipinski definition) is 1. The molecule has 0 spiro atoms. The summed E-state index contributed by atoms with van der Waals surface area (Å²) in [6.07, 6.45) is 1.84. The molecule has 1 aromatic carbocycles. The van der Waals surface area contributed by atoms with Gasteiger partial charge in [-0.3, -0.25) is 0 Å². The van der Waals surface area contributed by atoms with Gasteiger partial charge < -0.3 is 10.1 Å². The molecule has 0 unspecified atom stereocenters. The standard InChI is InChI=1S/C14H17BrN2OS/c1-14(2,13-16-8-10-19-13)17-7-9-18-12-5-3-11(15)4-6-12/h3-6,8,10,17H,7,9H2,1-2H3. The lowest BCUT2D eigenvalue weighted by Crippen LogP contribution is -2.38. The highest BCUT2D eigenvalue weighted by atomic mass is 79.9. The normalized spacial score (nSPS) is 11.5. The number of nitrogens with zero attached hydrogens (tertiary/aromatic N) is 1. The van der Waals surface area contributed by atoms with E-state index in [-0.39, 0.29) is 5.54 Å². The van der Waals surface area contributed by atoms with Crippen LogP contribution in [-0.4, -0.2) is 18.1 Å². The third-order valence-electron chi connectivity index (χ3n) is 2.72. The maximum atomic E-state index is 5.67. The van der Waals surface area contributed by atoms with E-state index in [2.05, 4.69) is 40.1 Å². The van der Waals surface area contributed by atoms with Gasteiger partial charge in [-0.05, 0) is 38.1 Å². The molecule has 102 valence electrons. The van der Waals surface area contributed by atoms with Crippen LogP contribution in [0.3, 0.4) is 0 Å². The van der Waals surface area contributed by atoms with Crippen LogP contribution in [0.4, 0.5) is 0 Å². The zero-order valence-electron chi connectivity index (χ0n) is 11.0. The molecule has 2 rings (SSSR count). The summed E-state index contributed by atoms with van der Waals surface area (Å²) in [6, 6.07) is 7.86. The van der Waals surface area contributed by atoms with Gasteiger partial charge in [0.1, 0.15) is 17.4 Å². The van der Waals surface area contributed by atoms with Gasteiger partial charge in [-0.15, -0.1) is 11.3 Å². The SMILES string of the molecule is CC(C)(NCCOc1ccc(Br)cc1)c1nccs1. The summed E-state index contributed by atoms with van der Waals surface area (Å²) in [5, 5.41) is 6.55. The number of rotatable bonds is 6. The van der Waals surface area contributed by atoms with Gasteiger partial charge in [0.2, 0.25) is 0 Å². The Hall–Kier alpha value is -0.910. The lowest BCUT2D eigenvalue weighted by molar-refractivity contribution is 0.285. The highest BCUT2D eigenvalue weighted by molar-refractivity contribution is 9.10. The Morgan fingerprint density at radius 1 is 1.32 bits per heavy atom. The third kappa shape index (κ3) is 4.30. The van der Waals surface area contributed by atoms with E-state index in [1.165, 1.54) is 0 Å². The number of aromatic nitrogens is 1. The van der Waals surface area contributed by atoms with Crippen LogP contribution in [0.5, 0.6) is 5.75 Å². The maximum absolute atomic E-state index is 5.67. The first-order valence-electron chi connectivity index (χ1n) is 6.11. The predicted molar refractivity (Wildman–Crippen MR) is 82.8 cm³/mol. The number of ether oxygens (including phenoxy) is 1. The van der Waals surface area contributed by atoms with Gasteiger partial charge >= 0.3 is 0 Å². The average molecular weight is 341 g/mol. The minimum Gasteiger partial charge on any atom is -0.492 e. The molecule has 0 saturated heterocycles. The summed E-state index contributed by atoms with van der Waals surface area (Å²) < 4.78 is 6.73. The van der Waals surface area contributed by atoms with Crippen molar-refractivity contribution >= 4 is 27.3 Å². The van der Waals surface area contributed by atoms with Crippen molar-refractivity contribution in [3.05, 3.63) is 45.3 Å². The Balaban J connectivity index is 1.76. The van der Waals surface area contributed by atoms with Gasteiger partial charge in [-0.1, -0.05) is 15.9 Å². The molecule has 0 aliphatic heterocycles. The Morgan fingerprint density at radius 2 is 2.05 bits per heavy atom. The van der Waals surface area contributed by atoms with Crippen molar-refractivity contribution in [2.24, 2.45) is 0 Å². The molecular weight excluding hydrogens is 324 g/mol. The quantitative estimate of drug-likeness (QED) is 0.812. The summed E-state index contributed by atoms with van der Waals surface area (Å²) in [7, 11) is 0. The largest absolute Gasteiger partial charge is 0.492 e. The van der Waals surface area contributed by atoms with Crippen LogP contribution in [0.25, 0.3) is 0 Å². The van der Waals surface area contributed by atoms with Crippen molar-refractivity contribution in [2.45, 2.75) is 19.4 Å². The van der Waals surface area contributed by atoms with Gasteiger partial charge in [0.15, 0.2) is 0 Å². The molecule has 3 nitrogen and oxygen atoms in total. The lowest BCUT2D eigenvalue weighted by atomic mass is 10.1. The summed E-state index contributed by atoms with van der Waals surface area (Å²) in [4.78, 5) is 4.34. The molecule has 0 amide bonds. The minimum atomic E-state index is -0.114. The topological polar surface area (TPSA) is 34.1 Å². The first kappa shape index (κ1) is 14.5. The maximum Gasteiger partial charge on any atom is 0.119 e. The minimum absolute atomic E-state index is 0.114. The Bertz CT molecular complexity index is 497. The van der Waals surface area contributed by atoms with E-state index in [0.29, 0.717) is 6.61 Å². The second-order valence-electron chi connectivity index (χ2n) is 4.69. The van der Waals surface area contributed by atoms with E-state index in [4.69, 9.17) is 4.74 Å². The predicted octanol–water partition coefficient (Wildman–Crippen LogP) is 3.81. The summed E-state index contributed by atoms with van der Waals surface area (Å²) in [6.45, 7) is 5.68. The lowest BCUT2D eigenvalue weighted by Gasteiger charge is -2.23. The van der Waals surface area contributed by atoms with Crippen LogP contribution in [0.15, 0.2) is 40.3 Å². The van der Waals surface area contributed by atoms with E-state index in [1.54, 1.807) is 11.3 Å². The van der Waals surface area contributed by atoms with Crippen molar-refractivity contribution in [3.8, 4) is 5.75 Å². The smallest absolute Gasteiger partial charge is 0.119 e. The van der Waals surface area contributed by atoms with Crippen LogP contribution in [-0.2, 0) is 5.54 Å². The van der Waals surface area contributed by atoms with Gasteiger partial charge in [-0.2, -0.15) is 0 Å². The monoisotopic (exact) mass is 340 g/mol. The van der Waals surface area contributed by atoms with Crippen molar-refractivity contribution < 1.29 is 4.74 Å². The summed E-state index contributed by atoms with van der Waals surface area (Å²) >= 11 is 5.07. The van der Waals surface area contributed by atoms with Gasteiger partial charge in [0, 0.05) is 22.6 Å². The van der Waals surface area contributed by atoms with E-state index in [9.17, 15) is 0 Å². The zero-order chi connectivity index (χ0) is 13.7. The van der Waals surface area contributed by atoms with Crippen LogP contribution in [0, 0.1) is 0 Å². The first-order valence-corrected chi connectivity index (χ1v) is 7.78. The molecule has 1 heterocycles. The number of halogens is 1. The van der Waals surface area contributed by atoms with E-state index < -0.39 is 0 Å². The molecule has 0 aliphatic rings. The van der Waals surface area contributed by atoms with Crippen LogP contribution >= 0.6 is 27.3 Å². The van der Waals surface area contributed by atoms with Crippen molar-refractivity contribution in [2.75, 3.05) is 13.2 Å². The fraction of sp³-hybridized carbons (Fsp3) is 0.357. The molecule has 0 fully saturated rings. The van der Waals surface area contributed by atoms with Crippen molar-refractivity contribution in [1.29, 1.82) is 0 Å². The van der Waals surface area contributed by atoms with Crippen LogP contribution in [0.1, 0.15) is 18.9 Å².